The second-order valence-corrected chi connectivity index (χ2v) is 5.91. The summed E-state index contributed by atoms with van der Waals surface area (Å²) < 4.78 is 1.80. The summed E-state index contributed by atoms with van der Waals surface area (Å²) in [6.07, 6.45) is 0. The highest BCUT2D eigenvalue weighted by Crippen LogP contribution is 2.30. The number of halogens is 1. The van der Waals surface area contributed by atoms with Crippen LogP contribution in [0.5, 0.6) is 0 Å². The highest BCUT2D eigenvalue weighted by Gasteiger charge is 2.17. The standard InChI is InChI=1S/C14H12ClN3O2S/c1-8-11-7-12(13(19)17-20-2)21-14(11)18(16-8)10-5-3-4-9(15)6-10/h3-7H,1-2H3,(H,17,19). The minimum Gasteiger partial charge on any atom is -0.277 e. The predicted molar refractivity (Wildman–Crippen MR) is 83.2 cm³/mol. The van der Waals surface area contributed by atoms with Crippen molar-refractivity contribution in [1.29, 1.82) is 0 Å². The van der Waals surface area contributed by atoms with Crippen molar-refractivity contribution in [3.63, 3.8) is 0 Å². The summed E-state index contributed by atoms with van der Waals surface area (Å²) in [6, 6.07) is 9.25. The number of aryl methyl sites for hydroxylation is 1. The molecule has 0 fully saturated rings. The van der Waals surface area contributed by atoms with Crippen molar-refractivity contribution < 1.29 is 9.63 Å². The molecule has 0 atom stereocenters. The molecule has 0 aliphatic carbocycles. The Kier molecular flexibility index (Phi) is 3.67. The van der Waals surface area contributed by atoms with Gasteiger partial charge in [-0.3, -0.25) is 9.63 Å². The Balaban J connectivity index is 2.14. The molecular weight excluding hydrogens is 310 g/mol. The maximum Gasteiger partial charge on any atom is 0.284 e. The van der Waals surface area contributed by atoms with Crippen molar-refractivity contribution in [3.05, 3.63) is 45.9 Å². The van der Waals surface area contributed by atoms with Crippen LogP contribution in [0, 0.1) is 6.92 Å². The first kappa shape index (κ1) is 14.1. The average Bonchev–Trinajstić information content (AvgIpc) is 3.00. The number of hydrogen-bond donors (Lipinski definition) is 1. The molecule has 3 aromatic rings. The smallest absolute Gasteiger partial charge is 0.277 e. The van der Waals surface area contributed by atoms with Crippen molar-refractivity contribution in [3.8, 4) is 5.69 Å². The Hall–Kier alpha value is -1.89. The van der Waals surface area contributed by atoms with E-state index in [0.29, 0.717) is 9.90 Å². The molecule has 5 nitrogen and oxygen atoms in total. The number of thiophene rings is 1. The predicted octanol–water partition coefficient (Wildman–Crippen LogP) is 3.34. The molecule has 1 N–H and O–H groups in total. The summed E-state index contributed by atoms with van der Waals surface area (Å²) in [4.78, 5) is 18.0. The van der Waals surface area contributed by atoms with Gasteiger partial charge in [0.15, 0.2) is 0 Å². The molecule has 0 aliphatic rings. The van der Waals surface area contributed by atoms with Gasteiger partial charge in [0.1, 0.15) is 4.83 Å². The van der Waals surface area contributed by atoms with E-state index >= 15 is 0 Å². The molecule has 7 heteroatoms. The van der Waals surface area contributed by atoms with Gasteiger partial charge < -0.3 is 0 Å². The van der Waals surface area contributed by atoms with Crippen molar-refractivity contribution in [2.75, 3.05) is 7.11 Å². The van der Waals surface area contributed by atoms with E-state index in [4.69, 9.17) is 11.6 Å². The molecule has 21 heavy (non-hydrogen) atoms. The van der Waals surface area contributed by atoms with Crippen LogP contribution in [0.4, 0.5) is 0 Å². The summed E-state index contributed by atoms with van der Waals surface area (Å²) >= 11 is 7.39. The first-order chi connectivity index (χ1) is 10.1. The second kappa shape index (κ2) is 5.48. The van der Waals surface area contributed by atoms with Crippen LogP contribution in [0.2, 0.25) is 5.02 Å². The monoisotopic (exact) mass is 321 g/mol. The van der Waals surface area contributed by atoms with Crippen molar-refractivity contribution >= 4 is 39.1 Å². The topological polar surface area (TPSA) is 56.1 Å². The van der Waals surface area contributed by atoms with Gasteiger partial charge in [-0.25, -0.2) is 10.2 Å². The molecule has 3 rings (SSSR count). The highest BCUT2D eigenvalue weighted by atomic mass is 35.5. The minimum atomic E-state index is -0.268. The lowest BCUT2D eigenvalue weighted by Gasteiger charge is -2.02. The number of benzene rings is 1. The number of hydrogen-bond acceptors (Lipinski definition) is 4. The number of aromatic nitrogens is 2. The van der Waals surface area contributed by atoms with Crippen LogP contribution in [-0.2, 0) is 4.84 Å². The molecular formula is C14H12ClN3O2S. The van der Waals surface area contributed by atoms with Gasteiger partial charge in [-0.2, -0.15) is 5.10 Å². The molecule has 1 aromatic carbocycles. The zero-order valence-corrected chi connectivity index (χ0v) is 13.0. The minimum absolute atomic E-state index is 0.268. The van der Waals surface area contributed by atoms with Crippen molar-refractivity contribution in [1.82, 2.24) is 15.3 Å². The number of carbonyl (C=O) groups is 1. The van der Waals surface area contributed by atoms with Gasteiger partial charge >= 0.3 is 0 Å². The van der Waals surface area contributed by atoms with E-state index in [0.717, 1.165) is 21.6 Å². The normalized spacial score (nSPS) is 11.0. The van der Waals surface area contributed by atoms with Gasteiger partial charge in [-0.05, 0) is 31.2 Å². The van der Waals surface area contributed by atoms with Crippen LogP contribution in [0.15, 0.2) is 30.3 Å². The summed E-state index contributed by atoms with van der Waals surface area (Å²) in [5.74, 6) is -0.268. The molecule has 0 saturated heterocycles. The van der Waals surface area contributed by atoms with E-state index in [9.17, 15) is 4.79 Å². The van der Waals surface area contributed by atoms with E-state index in [1.807, 2.05) is 37.3 Å². The maximum atomic E-state index is 11.8. The first-order valence-corrected chi connectivity index (χ1v) is 7.38. The fourth-order valence-electron chi connectivity index (χ4n) is 2.08. The van der Waals surface area contributed by atoms with Gasteiger partial charge in [-0.1, -0.05) is 17.7 Å². The maximum absolute atomic E-state index is 11.8. The zero-order chi connectivity index (χ0) is 15.0. The van der Waals surface area contributed by atoms with Crippen LogP contribution in [0.25, 0.3) is 15.9 Å². The highest BCUT2D eigenvalue weighted by molar-refractivity contribution is 7.20. The molecule has 0 unspecified atom stereocenters. The van der Waals surface area contributed by atoms with E-state index < -0.39 is 0 Å². The quantitative estimate of drug-likeness (QED) is 0.753. The summed E-state index contributed by atoms with van der Waals surface area (Å²) in [5, 5.41) is 6.10. The van der Waals surface area contributed by atoms with Gasteiger partial charge in [0.25, 0.3) is 5.91 Å². The Morgan fingerprint density at radius 2 is 2.24 bits per heavy atom. The SMILES string of the molecule is CONC(=O)c1cc2c(C)nn(-c3cccc(Cl)c3)c2s1. The van der Waals surface area contributed by atoms with Crippen molar-refractivity contribution in [2.45, 2.75) is 6.92 Å². The number of fused-ring (bicyclic) bond motifs is 1. The number of amides is 1. The first-order valence-electron chi connectivity index (χ1n) is 6.18. The molecule has 0 radical (unpaired) electrons. The van der Waals surface area contributed by atoms with Crippen LogP contribution >= 0.6 is 22.9 Å². The third kappa shape index (κ3) is 2.53. The molecule has 108 valence electrons. The average molecular weight is 322 g/mol. The van der Waals surface area contributed by atoms with Crippen LogP contribution in [-0.4, -0.2) is 22.8 Å². The third-order valence-corrected chi connectivity index (χ3v) is 4.36. The molecule has 1 amide bonds. The molecule has 0 spiro atoms. The Labute approximate surface area is 130 Å². The van der Waals surface area contributed by atoms with Gasteiger partial charge in [0.05, 0.1) is 23.4 Å². The lowest BCUT2D eigenvalue weighted by molar-refractivity contribution is 0.0542. The van der Waals surface area contributed by atoms with E-state index in [1.54, 1.807) is 4.68 Å². The zero-order valence-electron chi connectivity index (χ0n) is 11.4. The Bertz CT molecular complexity index is 825. The Morgan fingerprint density at radius 1 is 1.43 bits per heavy atom. The fraction of sp³-hybridized carbons (Fsp3) is 0.143. The second-order valence-electron chi connectivity index (χ2n) is 4.44. The van der Waals surface area contributed by atoms with Gasteiger partial charge in [0, 0.05) is 10.4 Å². The number of carbonyl (C=O) groups excluding carboxylic acids is 1. The lowest BCUT2D eigenvalue weighted by Crippen LogP contribution is -2.20. The van der Waals surface area contributed by atoms with Crippen LogP contribution < -0.4 is 5.48 Å². The largest absolute Gasteiger partial charge is 0.284 e. The lowest BCUT2D eigenvalue weighted by atomic mass is 10.3. The fourth-order valence-corrected chi connectivity index (χ4v) is 3.34. The summed E-state index contributed by atoms with van der Waals surface area (Å²) in [7, 11) is 1.41. The summed E-state index contributed by atoms with van der Waals surface area (Å²) in [5.41, 5.74) is 4.04. The molecule has 0 aliphatic heterocycles. The number of rotatable bonds is 3. The van der Waals surface area contributed by atoms with Crippen LogP contribution in [0.3, 0.4) is 0 Å². The Morgan fingerprint density at radius 3 is 2.95 bits per heavy atom. The molecule has 2 aromatic heterocycles. The third-order valence-electron chi connectivity index (χ3n) is 3.02. The number of nitrogens with zero attached hydrogens (tertiary/aromatic N) is 2. The van der Waals surface area contributed by atoms with E-state index in [2.05, 4.69) is 15.4 Å². The van der Waals surface area contributed by atoms with Crippen LogP contribution in [0.1, 0.15) is 15.4 Å². The van der Waals surface area contributed by atoms with E-state index in [1.165, 1.54) is 18.4 Å². The molecule has 0 saturated carbocycles. The van der Waals surface area contributed by atoms with Gasteiger partial charge in [-0.15, -0.1) is 11.3 Å². The number of nitrogens with one attached hydrogen (secondary N) is 1. The van der Waals surface area contributed by atoms with Crippen molar-refractivity contribution in [2.24, 2.45) is 0 Å². The van der Waals surface area contributed by atoms with Gasteiger partial charge in [0.2, 0.25) is 0 Å². The molecule has 0 bridgehead atoms. The summed E-state index contributed by atoms with van der Waals surface area (Å²) in [6.45, 7) is 1.91. The number of hydroxylamine groups is 1. The van der Waals surface area contributed by atoms with E-state index in [-0.39, 0.29) is 5.91 Å². The molecule has 2 heterocycles.